The number of benzene rings is 3. The summed E-state index contributed by atoms with van der Waals surface area (Å²) in [4.78, 5) is 0. The molecule has 0 bridgehead atoms. The van der Waals surface area contributed by atoms with E-state index in [-0.39, 0.29) is 0 Å². The van der Waals surface area contributed by atoms with Gasteiger partial charge < -0.3 is 4.74 Å². The Morgan fingerprint density at radius 2 is 0.878 bits per heavy atom. The Labute approximate surface area is 306 Å². The SMILES string of the molecule is CCCCCCCCCCCCSSCCCCCCCCCCCCOc1ccc(N=Nc2ccc(-c3ccc(C#N)cc3)cc2)cc1. The third kappa shape index (κ3) is 19.9. The van der Waals surface area contributed by atoms with Gasteiger partial charge >= 0.3 is 0 Å². The molecule has 266 valence electrons. The lowest BCUT2D eigenvalue weighted by Crippen LogP contribution is -1.96. The molecule has 0 radical (unpaired) electrons. The molecular weight excluding hydrogens is 639 g/mol. The molecule has 0 atom stereocenters. The lowest BCUT2D eigenvalue weighted by Gasteiger charge is -2.06. The Bertz CT molecular complexity index is 1290. The summed E-state index contributed by atoms with van der Waals surface area (Å²) in [5, 5.41) is 17.7. The lowest BCUT2D eigenvalue weighted by molar-refractivity contribution is 0.304. The number of rotatable bonds is 29. The smallest absolute Gasteiger partial charge is 0.119 e. The number of azo groups is 1. The number of nitriles is 1. The van der Waals surface area contributed by atoms with Crippen LogP contribution in [0.25, 0.3) is 11.1 Å². The molecule has 0 N–H and O–H groups in total. The van der Waals surface area contributed by atoms with Crippen molar-refractivity contribution in [3.05, 3.63) is 78.4 Å². The number of ether oxygens (including phenoxy) is 1. The molecule has 0 amide bonds. The molecular formula is C43H61N3OS2. The molecule has 4 nitrogen and oxygen atoms in total. The van der Waals surface area contributed by atoms with Crippen LogP contribution in [0.5, 0.6) is 5.75 Å². The second-order valence-corrected chi connectivity index (χ2v) is 15.8. The number of hydrogen-bond donors (Lipinski definition) is 0. The standard InChI is InChI=1S/C43H61N3OS2/c1-2-3-4-5-6-7-11-14-17-20-35-48-49-36-21-18-15-12-9-8-10-13-16-19-34-47-43-32-30-42(31-33-43)46-45-41-28-26-40(27-29-41)39-24-22-38(37-44)23-25-39/h22-33H,2-21,34-36H2,1H3. The van der Waals surface area contributed by atoms with Crippen LogP contribution in [-0.4, -0.2) is 18.1 Å². The first-order chi connectivity index (χ1) is 24.3. The summed E-state index contributed by atoms with van der Waals surface area (Å²) in [5.74, 6) is 3.56. The average Bonchev–Trinajstić information content (AvgIpc) is 3.14. The van der Waals surface area contributed by atoms with Crippen molar-refractivity contribution < 1.29 is 4.74 Å². The minimum atomic E-state index is 0.663. The summed E-state index contributed by atoms with van der Waals surface area (Å²) < 4.78 is 5.95. The van der Waals surface area contributed by atoms with E-state index >= 15 is 0 Å². The Morgan fingerprint density at radius 3 is 1.33 bits per heavy atom. The summed E-state index contributed by atoms with van der Waals surface area (Å²) in [6, 6.07) is 25.5. The Morgan fingerprint density at radius 1 is 0.490 bits per heavy atom. The van der Waals surface area contributed by atoms with Gasteiger partial charge in [-0.1, -0.05) is 162 Å². The van der Waals surface area contributed by atoms with Gasteiger partial charge in [0.2, 0.25) is 0 Å². The zero-order valence-electron chi connectivity index (χ0n) is 30.3. The molecule has 0 saturated heterocycles. The van der Waals surface area contributed by atoms with Gasteiger partial charge in [-0.05, 0) is 78.9 Å². The second-order valence-electron chi connectivity index (χ2n) is 13.1. The zero-order chi connectivity index (χ0) is 34.5. The molecule has 3 rings (SSSR count). The molecule has 0 aliphatic rings. The molecule has 0 heterocycles. The first kappa shape index (κ1) is 40.7. The highest BCUT2D eigenvalue weighted by molar-refractivity contribution is 8.76. The number of nitrogens with zero attached hydrogens (tertiary/aromatic N) is 3. The van der Waals surface area contributed by atoms with Crippen LogP contribution < -0.4 is 4.74 Å². The Hall–Kier alpha value is -2.75. The number of unbranched alkanes of at least 4 members (excludes halogenated alkanes) is 18. The summed E-state index contributed by atoms with van der Waals surface area (Å²) in [7, 11) is 4.22. The lowest BCUT2D eigenvalue weighted by atomic mass is 10.0. The highest BCUT2D eigenvalue weighted by Crippen LogP contribution is 2.27. The predicted octanol–water partition coefficient (Wildman–Crippen LogP) is 15.2. The predicted molar refractivity (Wildman–Crippen MR) is 216 cm³/mol. The van der Waals surface area contributed by atoms with Crippen LogP contribution in [0.3, 0.4) is 0 Å². The van der Waals surface area contributed by atoms with Gasteiger partial charge in [-0.15, -0.1) is 0 Å². The van der Waals surface area contributed by atoms with Crippen LogP contribution in [0.2, 0.25) is 0 Å². The fourth-order valence-electron chi connectivity index (χ4n) is 5.82. The maximum absolute atomic E-state index is 8.98. The van der Waals surface area contributed by atoms with E-state index in [1.807, 2.05) is 72.8 Å². The molecule has 0 fully saturated rings. The van der Waals surface area contributed by atoms with Gasteiger partial charge in [-0.25, -0.2) is 0 Å². The van der Waals surface area contributed by atoms with Gasteiger partial charge in [0, 0.05) is 11.5 Å². The molecule has 0 aliphatic carbocycles. The van der Waals surface area contributed by atoms with Crippen molar-refractivity contribution in [2.75, 3.05) is 18.1 Å². The molecule has 0 saturated carbocycles. The van der Waals surface area contributed by atoms with E-state index < -0.39 is 0 Å². The zero-order valence-corrected chi connectivity index (χ0v) is 31.9. The molecule has 49 heavy (non-hydrogen) atoms. The van der Waals surface area contributed by atoms with Gasteiger partial charge in [-0.2, -0.15) is 15.5 Å². The largest absolute Gasteiger partial charge is 0.494 e. The maximum Gasteiger partial charge on any atom is 0.119 e. The van der Waals surface area contributed by atoms with Crippen LogP contribution in [0.15, 0.2) is 83.0 Å². The van der Waals surface area contributed by atoms with E-state index in [0.29, 0.717) is 5.56 Å². The average molecular weight is 700 g/mol. The van der Waals surface area contributed by atoms with E-state index in [2.05, 4.69) is 44.8 Å². The van der Waals surface area contributed by atoms with Crippen molar-refractivity contribution in [3.8, 4) is 22.9 Å². The third-order valence-corrected chi connectivity index (χ3v) is 11.5. The number of hydrogen-bond acceptors (Lipinski definition) is 6. The van der Waals surface area contributed by atoms with Gasteiger partial charge in [0.15, 0.2) is 0 Å². The molecule has 0 aromatic heterocycles. The van der Waals surface area contributed by atoms with Crippen LogP contribution in [0.4, 0.5) is 11.4 Å². The van der Waals surface area contributed by atoms with Crippen LogP contribution in [0, 0.1) is 11.3 Å². The normalized spacial score (nSPS) is 11.3. The summed E-state index contributed by atoms with van der Waals surface area (Å²) >= 11 is 0. The first-order valence-corrected chi connectivity index (χ1v) is 21.8. The highest BCUT2D eigenvalue weighted by Gasteiger charge is 2.01. The van der Waals surface area contributed by atoms with Crippen molar-refractivity contribution in [1.29, 1.82) is 5.26 Å². The third-order valence-electron chi connectivity index (χ3n) is 8.89. The van der Waals surface area contributed by atoms with Crippen molar-refractivity contribution in [1.82, 2.24) is 0 Å². The van der Waals surface area contributed by atoms with E-state index in [4.69, 9.17) is 10.00 Å². The van der Waals surface area contributed by atoms with E-state index in [9.17, 15) is 0 Å². The maximum atomic E-state index is 8.98. The Kier molecular flexibility index (Phi) is 23.2. The van der Waals surface area contributed by atoms with E-state index in [0.717, 1.165) is 41.3 Å². The van der Waals surface area contributed by atoms with Crippen LogP contribution in [-0.2, 0) is 0 Å². The van der Waals surface area contributed by atoms with Crippen molar-refractivity contribution in [2.24, 2.45) is 10.2 Å². The molecule has 0 aliphatic heterocycles. The summed E-state index contributed by atoms with van der Waals surface area (Å²) in [6.45, 7) is 3.06. The molecule has 0 unspecified atom stereocenters. The van der Waals surface area contributed by atoms with Gasteiger partial charge in [0.1, 0.15) is 5.75 Å². The van der Waals surface area contributed by atoms with Gasteiger partial charge in [0.05, 0.1) is 29.6 Å². The molecule has 3 aromatic rings. The first-order valence-electron chi connectivity index (χ1n) is 19.3. The second kappa shape index (κ2) is 28.0. The van der Waals surface area contributed by atoms with Crippen molar-refractivity contribution in [2.45, 2.75) is 135 Å². The van der Waals surface area contributed by atoms with Gasteiger partial charge in [-0.3, -0.25) is 0 Å². The highest BCUT2D eigenvalue weighted by atomic mass is 33.1. The summed E-state index contributed by atoms with van der Waals surface area (Å²) in [5.41, 5.74) is 4.42. The molecule has 6 heteroatoms. The summed E-state index contributed by atoms with van der Waals surface area (Å²) in [6.07, 6.45) is 27.7. The Balaban J connectivity index is 1.07. The minimum absolute atomic E-state index is 0.663. The van der Waals surface area contributed by atoms with E-state index in [1.54, 1.807) is 0 Å². The van der Waals surface area contributed by atoms with Crippen molar-refractivity contribution >= 4 is 33.0 Å². The minimum Gasteiger partial charge on any atom is -0.494 e. The fraction of sp³-hybridized carbons (Fsp3) is 0.558. The van der Waals surface area contributed by atoms with Crippen molar-refractivity contribution in [3.63, 3.8) is 0 Å². The van der Waals surface area contributed by atoms with Crippen LogP contribution >= 0.6 is 21.6 Å². The van der Waals surface area contributed by atoms with Crippen LogP contribution in [0.1, 0.15) is 141 Å². The van der Waals surface area contributed by atoms with Gasteiger partial charge in [0.25, 0.3) is 0 Å². The molecule has 3 aromatic carbocycles. The monoisotopic (exact) mass is 699 g/mol. The van der Waals surface area contributed by atoms with E-state index in [1.165, 1.54) is 134 Å². The quantitative estimate of drug-likeness (QED) is 0.0411. The fourth-order valence-corrected chi connectivity index (χ4v) is 8.11. The topological polar surface area (TPSA) is 57.7 Å². The molecule has 0 spiro atoms.